The summed E-state index contributed by atoms with van der Waals surface area (Å²) in [5, 5.41) is 10.5. The lowest BCUT2D eigenvalue weighted by atomic mass is 9.75. The number of nitrogens with zero attached hydrogens (tertiary/aromatic N) is 3. The molecule has 8 nitrogen and oxygen atoms in total. The maximum Gasteiger partial charge on any atom is 0.416 e. The second-order valence-corrected chi connectivity index (χ2v) is 14.2. The summed E-state index contributed by atoms with van der Waals surface area (Å²) in [5.74, 6) is -0.170. The lowest BCUT2D eigenvalue weighted by Crippen LogP contribution is -2.66. The molecule has 0 saturated carbocycles. The van der Waals surface area contributed by atoms with Crippen molar-refractivity contribution in [3.63, 3.8) is 0 Å². The number of sulfonamides is 1. The van der Waals surface area contributed by atoms with Crippen LogP contribution in [0.2, 0.25) is 0 Å². The van der Waals surface area contributed by atoms with Crippen LogP contribution >= 0.6 is 0 Å². The molecule has 2 fully saturated rings. The van der Waals surface area contributed by atoms with Gasteiger partial charge in [-0.2, -0.15) is 35.9 Å². The summed E-state index contributed by atoms with van der Waals surface area (Å²) in [6, 6.07) is 20.4. The molecule has 3 aromatic rings. The maximum absolute atomic E-state index is 14.1. The van der Waals surface area contributed by atoms with E-state index in [9.17, 15) is 44.8 Å². The van der Waals surface area contributed by atoms with Gasteiger partial charge in [0.2, 0.25) is 10.0 Å². The lowest BCUT2D eigenvalue weighted by Gasteiger charge is -2.53. The van der Waals surface area contributed by atoms with Gasteiger partial charge in [0.15, 0.2) is 0 Å². The molecule has 49 heavy (non-hydrogen) atoms. The van der Waals surface area contributed by atoms with Gasteiger partial charge in [-0.25, -0.2) is 13.2 Å². The normalized spacial score (nSPS) is 23.5. The van der Waals surface area contributed by atoms with E-state index in [1.165, 1.54) is 11.8 Å². The van der Waals surface area contributed by atoms with Gasteiger partial charge in [0.05, 0.1) is 47.7 Å². The molecule has 3 atom stereocenters. The summed E-state index contributed by atoms with van der Waals surface area (Å²) in [6.45, 7) is 0.303. The molecule has 15 heteroatoms. The van der Waals surface area contributed by atoms with E-state index in [4.69, 9.17) is 9.47 Å². The molecule has 0 aliphatic carbocycles. The number of carbonyl (C=O) groups is 1. The van der Waals surface area contributed by atoms with Crippen molar-refractivity contribution >= 4 is 16.1 Å². The third kappa shape index (κ3) is 7.56. The second-order valence-electron chi connectivity index (χ2n) is 12.2. The number of carbonyl (C=O) groups excluding carboxylic acids is 1. The smallest absolute Gasteiger partial charge is 0.416 e. The quantitative estimate of drug-likeness (QED) is 0.226. The Morgan fingerprint density at radius 3 is 2.06 bits per heavy atom. The second kappa shape index (κ2) is 13.6. The average molecular weight is 710 g/mol. The Kier molecular flexibility index (Phi) is 10.1. The summed E-state index contributed by atoms with van der Waals surface area (Å²) >= 11 is 0. The van der Waals surface area contributed by atoms with Gasteiger partial charge in [-0.1, -0.05) is 60.7 Å². The maximum atomic E-state index is 14.1. The molecule has 0 aromatic heterocycles. The van der Waals surface area contributed by atoms with Crippen molar-refractivity contribution in [1.29, 1.82) is 5.26 Å². The number of rotatable bonds is 8. The highest BCUT2D eigenvalue weighted by Crippen LogP contribution is 2.46. The van der Waals surface area contributed by atoms with Crippen molar-refractivity contribution < 1.29 is 49.0 Å². The number of alkyl halides is 6. The Balaban J connectivity index is 1.56. The summed E-state index contributed by atoms with van der Waals surface area (Å²) in [4.78, 5) is 15.3. The van der Waals surface area contributed by atoms with Crippen molar-refractivity contribution in [3.05, 3.63) is 107 Å². The lowest BCUT2D eigenvalue weighted by molar-refractivity contribution is -0.143. The summed E-state index contributed by atoms with van der Waals surface area (Å²) in [7, 11) is -3.84. The molecule has 0 bridgehead atoms. The van der Waals surface area contributed by atoms with Gasteiger partial charge < -0.3 is 9.47 Å². The van der Waals surface area contributed by atoms with E-state index in [1.54, 1.807) is 60.7 Å². The van der Waals surface area contributed by atoms with Crippen molar-refractivity contribution in [1.82, 2.24) is 9.21 Å². The number of ether oxygens (including phenoxy) is 2. The fraction of sp³-hybridized carbons (Fsp3) is 0.412. The monoisotopic (exact) mass is 709 g/mol. The fourth-order valence-corrected chi connectivity index (χ4v) is 8.25. The van der Waals surface area contributed by atoms with Crippen molar-refractivity contribution in [2.45, 2.75) is 62.3 Å². The Labute approximate surface area is 279 Å². The average Bonchev–Trinajstić information content (AvgIpc) is 3.45. The molecule has 3 aromatic carbocycles. The molecule has 0 N–H and O–H groups in total. The zero-order valence-corrected chi connectivity index (χ0v) is 27.1. The predicted molar refractivity (Wildman–Crippen MR) is 165 cm³/mol. The van der Waals surface area contributed by atoms with Gasteiger partial charge >= 0.3 is 18.4 Å². The highest BCUT2D eigenvalue weighted by molar-refractivity contribution is 7.89. The molecular formula is C34H33F6N3O5S. The first-order valence-electron chi connectivity index (χ1n) is 15.4. The van der Waals surface area contributed by atoms with Crippen LogP contribution in [0.3, 0.4) is 0 Å². The molecule has 2 aliphatic rings. The number of piperidine rings is 1. The Morgan fingerprint density at radius 2 is 1.53 bits per heavy atom. The largest absolute Gasteiger partial charge is 0.445 e. The molecule has 2 aliphatic heterocycles. The predicted octanol–water partition coefficient (Wildman–Crippen LogP) is 7.43. The van der Waals surface area contributed by atoms with Crippen molar-refractivity contribution in [2.24, 2.45) is 0 Å². The Bertz CT molecular complexity index is 1770. The molecule has 0 spiro atoms. The Hall–Kier alpha value is -4.13. The third-order valence-electron chi connectivity index (χ3n) is 9.06. The minimum Gasteiger partial charge on any atom is -0.445 e. The first kappa shape index (κ1) is 36.2. The first-order valence-corrected chi connectivity index (χ1v) is 17.0. The molecule has 0 unspecified atom stereocenters. The summed E-state index contributed by atoms with van der Waals surface area (Å²) < 4.78 is 121. The number of benzene rings is 3. The number of nitriles is 1. The Morgan fingerprint density at radius 1 is 0.939 bits per heavy atom. The number of halogens is 6. The number of likely N-dealkylation sites (tertiary alicyclic amines) is 1. The number of hydrogen-bond acceptors (Lipinski definition) is 6. The molecule has 0 radical (unpaired) electrons. The molecule has 262 valence electrons. The molecule has 1 amide bonds. The van der Waals surface area contributed by atoms with Crippen LogP contribution in [-0.4, -0.2) is 54.7 Å². The zero-order chi connectivity index (χ0) is 35.7. The van der Waals surface area contributed by atoms with Crippen LogP contribution in [0.1, 0.15) is 60.1 Å². The van der Waals surface area contributed by atoms with Crippen LogP contribution < -0.4 is 0 Å². The highest BCUT2D eigenvalue weighted by atomic mass is 32.2. The molecular weight excluding hydrogens is 676 g/mol. The minimum atomic E-state index is -5.07. The third-order valence-corrected chi connectivity index (χ3v) is 11.1. The molecule has 2 heterocycles. The van der Waals surface area contributed by atoms with Gasteiger partial charge in [-0.3, -0.25) is 4.90 Å². The van der Waals surface area contributed by atoms with Gasteiger partial charge in [0, 0.05) is 6.54 Å². The van der Waals surface area contributed by atoms with Gasteiger partial charge in [-0.15, -0.1) is 0 Å². The zero-order valence-electron chi connectivity index (χ0n) is 26.3. The van der Waals surface area contributed by atoms with Crippen LogP contribution in [0.4, 0.5) is 31.1 Å². The van der Waals surface area contributed by atoms with E-state index in [1.807, 2.05) is 0 Å². The van der Waals surface area contributed by atoms with Crippen LogP contribution in [0.5, 0.6) is 0 Å². The van der Waals surface area contributed by atoms with Crippen LogP contribution in [0, 0.1) is 11.3 Å². The minimum absolute atomic E-state index is 0.0289. The SMILES string of the molecule is C[C@@H](OC[C@]1(c2ccccc2)CC[C@](C#N)(N2CCCS2(=O)=O)CN1C(=O)OCc1ccccc1)c1cc(C(F)(F)F)cc(C(F)(F)F)c1. The van der Waals surface area contributed by atoms with Crippen LogP contribution in [0.25, 0.3) is 0 Å². The summed E-state index contributed by atoms with van der Waals surface area (Å²) in [5.41, 5.74) is -5.42. The van der Waals surface area contributed by atoms with E-state index >= 15 is 0 Å². The van der Waals surface area contributed by atoms with Crippen molar-refractivity contribution in [3.8, 4) is 6.07 Å². The number of amides is 1. The van der Waals surface area contributed by atoms with Crippen LogP contribution in [0.15, 0.2) is 78.9 Å². The number of hydrogen-bond donors (Lipinski definition) is 0. The van der Waals surface area contributed by atoms with Gasteiger partial charge in [-0.05, 0) is 61.1 Å². The summed E-state index contributed by atoms with van der Waals surface area (Å²) in [6.07, 6.45) is -12.2. The standard InChI is InChI=1S/C34H33F6N3O5S/c1-24(26-17-28(33(35,36)37)19-29(18-26)34(38,39)40)48-23-32(27-11-6-3-7-12-27)14-13-31(21-41,43-15-8-16-49(43,45)46)22-42(32)30(44)47-20-25-9-4-2-5-10-25/h2-7,9-12,17-19,24H,8,13-16,20,22-23H2,1H3/t24-,31-,32+/m1/s1. The van der Waals surface area contributed by atoms with E-state index in [2.05, 4.69) is 6.07 Å². The molecule has 5 rings (SSSR count). The fourth-order valence-electron chi connectivity index (χ4n) is 6.40. The van der Waals surface area contributed by atoms with Gasteiger partial charge in [0.25, 0.3) is 0 Å². The van der Waals surface area contributed by atoms with Crippen molar-refractivity contribution in [2.75, 3.05) is 25.4 Å². The van der Waals surface area contributed by atoms with Crippen LogP contribution in [-0.2, 0) is 44.0 Å². The van der Waals surface area contributed by atoms with E-state index < -0.39 is 75.5 Å². The first-order chi connectivity index (χ1) is 23.0. The molecule has 2 saturated heterocycles. The van der Waals surface area contributed by atoms with E-state index in [0.717, 1.165) is 4.31 Å². The van der Waals surface area contributed by atoms with E-state index in [-0.39, 0.29) is 44.2 Å². The van der Waals surface area contributed by atoms with Gasteiger partial charge in [0.1, 0.15) is 12.1 Å². The highest BCUT2D eigenvalue weighted by Gasteiger charge is 2.57. The van der Waals surface area contributed by atoms with E-state index in [0.29, 0.717) is 23.3 Å². The topological polar surface area (TPSA) is 99.9 Å².